The number of halogens is 1. The second-order valence-corrected chi connectivity index (χ2v) is 10.0. The van der Waals surface area contributed by atoms with Crippen LogP contribution in [0.25, 0.3) is 11.3 Å². The third-order valence-corrected chi connectivity index (χ3v) is 6.14. The van der Waals surface area contributed by atoms with Gasteiger partial charge in [-0.15, -0.1) is 0 Å². The van der Waals surface area contributed by atoms with Crippen LogP contribution in [-0.2, 0) is 16.1 Å². The van der Waals surface area contributed by atoms with Crippen molar-refractivity contribution >= 4 is 17.7 Å². The largest absolute Gasteiger partial charge is 0.444 e. The van der Waals surface area contributed by atoms with Gasteiger partial charge in [-0.25, -0.2) is 4.79 Å². The highest BCUT2D eigenvalue weighted by Gasteiger charge is 2.35. The fourth-order valence-corrected chi connectivity index (χ4v) is 4.29. The molecular weight excluding hydrogens is 416 g/mol. The van der Waals surface area contributed by atoms with Crippen LogP contribution in [0.5, 0.6) is 0 Å². The van der Waals surface area contributed by atoms with Crippen molar-refractivity contribution in [3.8, 4) is 11.3 Å². The lowest BCUT2D eigenvalue weighted by atomic mass is 10.0. The van der Waals surface area contributed by atoms with Gasteiger partial charge in [0.05, 0.1) is 17.7 Å². The summed E-state index contributed by atoms with van der Waals surface area (Å²) < 4.78 is 17.6. The van der Waals surface area contributed by atoms with E-state index >= 15 is 0 Å². The van der Waals surface area contributed by atoms with E-state index in [1.165, 1.54) is 0 Å². The molecule has 0 bridgehead atoms. The molecule has 2 heterocycles. The van der Waals surface area contributed by atoms with E-state index in [0.29, 0.717) is 24.1 Å². The van der Waals surface area contributed by atoms with Crippen molar-refractivity contribution in [3.63, 3.8) is 0 Å². The molecule has 7 heteroatoms. The van der Waals surface area contributed by atoms with Gasteiger partial charge in [0, 0.05) is 29.6 Å². The molecule has 2 atom stereocenters. The van der Waals surface area contributed by atoms with Crippen molar-refractivity contribution in [3.05, 3.63) is 40.6 Å². The zero-order chi connectivity index (χ0) is 22.2. The molecule has 1 aromatic carbocycles. The van der Waals surface area contributed by atoms with Gasteiger partial charge in [-0.3, -0.25) is 0 Å². The van der Waals surface area contributed by atoms with Gasteiger partial charge < -0.3 is 18.9 Å². The van der Waals surface area contributed by atoms with Gasteiger partial charge in [0.1, 0.15) is 17.1 Å². The van der Waals surface area contributed by atoms with E-state index in [-0.39, 0.29) is 18.2 Å². The maximum absolute atomic E-state index is 12.5. The lowest BCUT2D eigenvalue weighted by Crippen LogP contribution is -2.48. The van der Waals surface area contributed by atoms with Crippen LogP contribution < -0.4 is 0 Å². The summed E-state index contributed by atoms with van der Waals surface area (Å²) >= 11 is 6.42. The number of hydrogen-bond donors (Lipinski definition) is 0. The third kappa shape index (κ3) is 5.24. The normalized spacial score (nSPS) is 21.9. The molecule has 2 aliphatic rings. The highest BCUT2D eigenvalue weighted by Crippen LogP contribution is 2.45. The molecule has 1 saturated carbocycles. The summed E-state index contributed by atoms with van der Waals surface area (Å²) in [5.41, 5.74) is 2.14. The standard InChI is InChI=1S/C24H31ClN2O4/c1-15-13-17(11-12-27(15)23(28)30-24(2,3)4)29-14-19-21(18-7-5-6-8-20(18)25)26-31-22(19)16-9-10-16/h5-8,15-17H,9-14H2,1-4H3. The van der Waals surface area contributed by atoms with Crippen LogP contribution in [0.3, 0.4) is 0 Å². The Hall–Kier alpha value is -2.05. The average molecular weight is 447 g/mol. The number of hydrogen-bond acceptors (Lipinski definition) is 5. The summed E-state index contributed by atoms with van der Waals surface area (Å²) in [4.78, 5) is 14.3. The smallest absolute Gasteiger partial charge is 0.410 e. The van der Waals surface area contributed by atoms with Crippen molar-refractivity contribution in [2.24, 2.45) is 0 Å². The number of piperidine rings is 1. The summed E-state index contributed by atoms with van der Waals surface area (Å²) in [5, 5.41) is 5.00. The van der Waals surface area contributed by atoms with E-state index in [4.69, 9.17) is 25.6 Å². The minimum Gasteiger partial charge on any atom is -0.444 e. The molecule has 31 heavy (non-hydrogen) atoms. The Balaban J connectivity index is 1.43. The second kappa shape index (κ2) is 8.83. The number of nitrogens with zero attached hydrogens (tertiary/aromatic N) is 2. The SMILES string of the molecule is CC1CC(OCc2c(-c3ccccc3Cl)noc2C2CC2)CCN1C(=O)OC(C)(C)C. The predicted molar refractivity (Wildman–Crippen MR) is 119 cm³/mol. The number of aromatic nitrogens is 1. The summed E-state index contributed by atoms with van der Waals surface area (Å²) in [7, 11) is 0. The van der Waals surface area contributed by atoms with Gasteiger partial charge in [0.15, 0.2) is 0 Å². The van der Waals surface area contributed by atoms with Crippen LogP contribution >= 0.6 is 11.6 Å². The third-order valence-electron chi connectivity index (χ3n) is 5.82. The zero-order valence-electron chi connectivity index (χ0n) is 18.7. The monoisotopic (exact) mass is 446 g/mol. The molecule has 2 aromatic rings. The number of carbonyl (C=O) groups is 1. The Labute approximate surface area is 188 Å². The first-order valence-corrected chi connectivity index (χ1v) is 11.5. The van der Waals surface area contributed by atoms with Crippen molar-refractivity contribution in [2.75, 3.05) is 6.54 Å². The molecule has 168 valence electrons. The maximum Gasteiger partial charge on any atom is 0.410 e. The number of benzene rings is 1. The van der Waals surface area contributed by atoms with Gasteiger partial charge in [0.25, 0.3) is 0 Å². The van der Waals surface area contributed by atoms with Gasteiger partial charge in [-0.2, -0.15) is 0 Å². The fourth-order valence-electron chi connectivity index (χ4n) is 4.07. The number of amides is 1. The Morgan fingerprint density at radius 3 is 2.65 bits per heavy atom. The van der Waals surface area contributed by atoms with Crippen molar-refractivity contribution in [1.82, 2.24) is 10.1 Å². The van der Waals surface area contributed by atoms with E-state index in [1.54, 1.807) is 4.90 Å². The van der Waals surface area contributed by atoms with Crippen LogP contribution in [0.2, 0.25) is 5.02 Å². The first kappa shape index (κ1) is 22.2. The molecule has 1 aromatic heterocycles. The lowest BCUT2D eigenvalue weighted by Gasteiger charge is -2.38. The molecule has 0 radical (unpaired) electrons. The summed E-state index contributed by atoms with van der Waals surface area (Å²) in [6.07, 6.45) is 3.59. The van der Waals surface area contributed by atoms with Crippen LogP contribution in [0, 0.1) is 0 Å². The van der Waals surface area contributed by atoms with Crippen molar-refractivity contribution < 1.29 is 18.8 Å². The molecule has 0 spiro atoms. The van der Waals surface area contributed by atoms with E-state index < -0.39 is 5.60 Å². The Morgan fingerprint density at radius 2 is 2.00 bits per heavy atom. The zero-order valence-corrected chi connectivity index (χ0v) is 19.4. The van der Waals surface area contributed by atoms with Gasteiger partial charge in [-0.05, 0) is 59.4 Å². The first-order valence-electron chi connectivity index (χ1n) is 11.1. The molecule has 0 N–H and O–H groups in total. The summed E-state index contributed by atoms with van der Waals surface area (Å²) in [6.45, 7) is 8.76. The van der Waals surface area contributed by atoms with Crippen LogP contribution in [0.4, 0.5) is 4.79 Å². The molecule has 6 nitrogen and oxygen atoms in total. The molecule has 4 rings (SSSR count). The van der Waals surface area contributed by atoms with Crippen molar-refractivity contribution in [1.29, 1.82) is 0 Å². The number of ether oxygens (including phenoxy) is 2. The Bertz CT molecular complexity index is 932. The highest BCUT2D eigenvalue weighted by atomic mass is 35.5. The molecule has 1 amide bonds. The molecule has 2 unspecified atom stereocenters. The van der Waals surface area contributed by atoms with E-state index in [9.17, 15) is 4.79 Å². The Kier molecular flexibility index (Phi) is 6.31. The minimum absolute atomic E-state index is 0.0574. The maximum atomic E-state index is 12.5. The van der Waals surface area contributed by atoms with Crippen LogP contribution in [0.1, 0.15) is 70.6 Å². The average Bonchev–Trinajstić information content (AvgIpc) is 3.45. The predicted octanol–water partition coefficient (Wildman–Crippen LogP) is 6.18. The van der Waals surface area contributed by atoms with E-state index in [2.05, 4.69) is 5.16 Å². The van der Waals surface area contributed by atoms with Gasteiger partial charge >= 0.3 is 6.09 Å². The highest BCUT2D eigenvalue weighted by molar-refractivity contribution is 6.33. The molecule has 1 aliphatic heterocycles. The van der Waals surface area contributed by atoms with E-state index in [0.717, 1.165) is 48.3 Å². The number of carbonyl (C=O) groups excluding carboxylic acids is 1. The second-order valence-electron chi connectivity index (χ2n) is 9.61. The number of rotatable bonds is 5. The van der Waals surface area contributed by atoms with Crippen LogP contribution in [0.15, 0.2) is 28.8 Å². The molecular formula is C24H31ClN2O4. The molecule has 1 saturated heterocycles. The van der Waals surface area contributed by atoms with E-state index in [1.807, 2.05) is 52.0 Å². The lowest BCUT2D eigenvalue weighted by molar-refractivity contribution is -0.0331. The molecule has 2 fully saturated rings. The topological polar surface area (TPSA) is 64.8 Å². The summed E-state index contributed by atoms with van der Waals surface area (Å²) in [5.74, 6) is 1.35. The minimum atomic E-state index is -0.493. The summed E-state index contributed by atoms with van der Waals surface area (Å²) in [6, 6.07) is 7.74. The molecule has 1 aliphatic carbocycles. The van der Waals surface area contributed by atoms with Gasteiger partial charge in [0.2, 0.25) is 0 Å². The van der Waals surface area contributed by atoms with Crippen molar-refractivity contribution in [2.45, 2.75) is 83.6 Å². The first-order chi connectivity index (χ1) is 14.7. The Morgan fingerprint density at radius 1 is 1.26 bits per heavy atom. The fraction of sp³-hybridized carbons (Fsp3) is 0.583. The van der Waals surface area contributed by atoms with Gasteiger partial charge in [-0.1, -0.05) is 35.0 Å². The van der Waals surface area contributed by atoms with Crippen LogP contribution in [-0.4, -0.2) is 40.4 Å². The number of likely N-dealkylation sites (tertiary alicyclic amines) is 1. The quantitative estimate of drug-likeness (QED) is 0.548.